The van der Waals surface area contributed by atoms with E-state index in [1.165, 1.54) is 21.3 Å². The molecule has 0 aromatic heterocycles. The van der Waals surface area contributed by atoms with Gasteiger partial charge in [-0.25, -0.2) is 14.4 Å². The number of hydrogen-bond donors (Lipinski definition) is 0. The summed E-state index contributed by atoms with van der Waals surface area (Å²) in [4.78, 5) is 61.0. The third-order valence-electron chi connectivity index (χ3n) is 7.18. The maximum atomic E-state index is 11.3. The van der Waals surface area contributed by atoms with Crippen LogP contribution < -0.4 is 4.89 Å². The zero-order valence-electron chi connectivity index (χ0n) is 35.8. The number of benzene rings is 3. The molecule has 2 atom stereocenters. The molecular formula is C43H52EuN2O15P. The molecule has 0 heterocycles. The van der Waals surface area contributed by atoms with E-state index in [0.717, 1.165) is 40.0 Å². The number of carbonyl (C=O) groups is 3. The van der Waals surface area contributed by atoms with Crippen LogP contribution in [0, 0.1) is 85.4 Å². The van der Waals surface area contributed by atoms with Crippen LogP contribution in [0.25, 0.3) is 36.5 Å². The van der Waals surface area contributed by atoms with Crippen LogP contribution in [-0.4, -0.2) is 62.2 Å². The van der Waals surface area contributed by atoms with Gasteiger partial charge in [-0.3, -0.25) is 0 Å². The fourth-order valence-corrected chi connectivity index (χ4v) is 4.78. The summed E-state index contributed by atoms with van der Waals surface area (Å²) in [6.45, 7) is 30.5. The Kier molecular flexibility index (Phi) is 34.0. The second-order valence-electron chi connectivity index (χ2n) is 12.7. The summed E-state index contributed by atoms with van der Waals surface area (Å²) in [6, 6.07) is 16.1. The summed E-state index contributed by atoms with van der Waals surface area (Å²) < 4.78 is 29.4. The number of esters is 3. The molecule has 0 amide bonds. The minimum Gasteiger partial charge on any atom is -0.779 e. The van der Waals surface area contributed by atoms with Gasteiger partial charge in [0.05, 0.1) is 54.3 Å². The molecule has 17 nitrogen and oxygen atoms in total. The van der Waals surface area contributed by atoms with Crippen molar-refractivity contribution in [3.8, 4) is 0 Å². The summed E-state index contributed by atoms with van der Waals surface area (Å²) in [5.41, 5.74) is 6.68. The van der Waals surface area contributed by atoms with E-state index in [4.69, 9.17) is 35.2 Å². The molecule has 2 unspecified atom stereocenters. The molecule has 3 aromatic carbocycles. The molecule has 3 rings (SSSR count). The van der Waals surface area contributed by atoms with Gasteiger partial charge in [-0.05, 0) is 100 Å². The standard InChI is InChI=1S/3C12H12O2.C7H17O3P.Eu.2NO3/c3*1-4-9-6-10(5-2)8-11(7-9)12(13)14-3;1-6(7(2,3)4)10-11(5,8)9;;2*2-1(3)4/h3*4-8H,1-2H2,3H3;6H,1-5H3,(H,8,9);;;/q;;;;+3;2*-1/p-1. The smallest absolute Gasteiger partial charge is 0.779 e. The average molecular weight is 1020 g/mol. The summed E-state index contributed by atoms with van der Waals surface area (Å²) in [7, 11) is 0.505. The average Bonchev–Trinajstić information content (AvgIpc) is 3.21. The minimum atomic E-state index is -3.57. The molecule has 0 spiro atoms. The Labute approximate surface area is 403 Å². The monoisotopic (exact) mass is 1020 g/mol. The van der Waals surface area contributed by atoms with Gasteiger partial charge in [-0.15, -0.1) is 0 Å². The number of ether oxygens (including phenoxy) is 3. The third-order valence-corrected chi connectivity index (χ3v) is 7.88. The number of carbonyl (C=O) groups excluding carboxylic acids is 3. The van der Waals surface area contributed by atoms with E-state index < -0.39 is 17.8 Å². The van der Waals surface area contributed by atoms with Crippen molar-refractivity contribution in [2.75, 3.05) is 28.0 Å². The summed E-state index contributed by atoms with van der Waals surface area (Å²) in [5, 5.41) is 29.5. The summed E-state index contributed by atoms with van der Waals surface area (Å²) in [6.07, 6.45) is 9.81. The largest absolute Gasteiger partial charge is 3.00 e. The predicted octanol–water partition coefficient (Wildman–Crippen LogP) is 9.42. The molecule has 0 aliphatic heterocycles. The van der Waals surface area contributed by atoms with E-state index in [-0.39, 0.29) is 78.8 Å². The SMILES string of the molecule is C=Cc1cc(C=C)cc(C(=O)OC)c1.C=Cc1cc(C=C)cc(C(=O)OC)c1.C=Cc1cc(C=C)cc(C(=O)OC)c1.CC(OP(C)(=O)[O-])C(C)(C)C.O=[N+]([O-])[O-].O=[N+]([O-])[O-].[Eu+3]. The number of rotatable bonds is 11. The van der Waals surface area contributed by atoms with Crippen molar-refractivity contribution in [3.05, 3.63) is 175 Å². The molecule has 0 saturated carbocycles. The van der Waals surface area contributed by atoms with E-state index in [1.807, 2.05) is 39.0 Å². The Morgan fingerprint density at radius 2 is 0.742 bits per heavy atom. The van der Waals surface area contributed by atoms with Gasteiger partial charge in [-0.2, -0.15) is 0 Å². The van der Waals surface area contributed by atoms with Gasteiger partial charge in [-0.1, -0.05) is 96.7 Å². The molecule has 0 radical (unpaired) electrons. The Bertz CT molecular complexity index is 1780. The second kappa shape index (κ2) is 33.3. The Morgan fingerprint density at radius 1 is 0.565 bits per heavy atom. The number of nitrogens with zero attached hydrogens (tertiary/aromatic N) is 2. The Hall–Kier alpha value is -5.36. The molecule has 0 fully saturated rings. The fourth-order valence-electron chi connectivity index (χ4n) is 3.89. The van der Waals surface area contributed by atoms with Gasteiger partial charge in [0.15, 0.2) is 0 Å². The van der Waals surface area contributed by atoms with Crippen molar-refractivity contribution in [1.29, 1.82) is 0 Å². The quantitative estimate of drug-likeness (QED) is 0.0569. The maximum absolute atomic E-state index is 11.3. The molecule has 0 aliphatic carbocycles. The molecule has 62 heavy (non-hydrogen) atoms. The van der Waals surface area contributed by atoms with Crippen LogP contribution in [0.15, 0.2) is 94.1 Å². The first-order valence-electron chi connectivity index (χ1n) is 17.3. The van der Waals surface area contributed by atoms with Crippen molar-refractivity contribution in [1.82, 2.24) is 0 Å². The molecule has 19 heteroatoms. The third kappa shape index (κ3) is 30.6. The van der Waals surface area contributed by atoms with Crippen LogP contribution >= 0.6 is 7.60 Å². The van der Waals surface area contributed by atoms with Gasteiger partial charge in [0.25, 0.3) is 0 Å². The van der Waals surface area contributed by atoms with Crippen LogP contribution in [0.5, 0.6) is 0 Å². The normalized spacial score (nSPS) is 10.7. The van der Waals surface area contributed by atoms with Gasteiger partial charge < -0.3 is 58.8 Å². The van der Waals surface area contributed by atoms with E-state index in [2.05, 4.69) is 53.7 Å². The van der Waals surface area contributed by atoms with Gasteiger partial charge >= 0.3 is 67.3 Å². The molecular weight excluding hydrogens is 967 g/mol. The molecule has 0 N–H and O–H groups in total. The van der Waals surface area contributed by atoms with E-state index >= 15 is 0 Å². The molecule has 0 aliphatic rings. The minimum absolute atomic E-state index is 0. The predicted molar refractivity (Wildman–Crippen MR) is 238 cm³/mol. The first-order chi connectivity index (χ1) is 28.2. The fraction of sp³-hybridized carbons (Fsp3) is 0.233. The van der Waals surface area contributed by atoms with Crippen LogP contribution in [-0.2, 0) is 23.3 Å². The van der Waals surface area contributed by atoms with Crippen molar-refractivity contribution in [2.24, 2.45) is 5.41 Å². The van der Waals surface area contributed by atoms with Gasteiger partial charge in [0.2, 0.25) is 0 Å². The van der Waals surface area contributed by atoms with Crippen molar-refractivity contribution in [2.45, 2.75) is 33.8 Å². The maximum Gasteiger partial charge on any atom is 3.00 e. The zero-order chi connectivity index (χ0) is 48.1. The molecule has 0 bridgehead atoms. The van der Waals surface area contributed by atoms with Crippen LogP contribution in [0.1, 0.15) is 92.1 Å². The first kappa shape index (κ1) is 63.3. The topological polar surface area (TPSA) is 261 Å². The van der Waals surface area contributed by atoms with Crippen molar-refractivity contribution < 1.29 is 102 Å². The number of hydrogen-bond acceptors (Lipinski definition) is 15. The Balaban J connectivity index is -0.000000341. The second-order valence-corrected chi connectivity index (χ2v) is 14.5. The van der Waals surface area contributed by atoms with Crippen LogP contribution in [0.4, 0.5) is 0 Å². The van der Waals surface area contributed by atoms with Crippen molar-refractivity contribution >= 4 is 62.0 Å². The van der Waals surface area contributed by atoms with E-state index in [9.17, 15) is 23.8 Å². The van der Waals surface area contributed by atoms with E-state index in [0.29, 0.717) is 16.7 Å². The van der Waals surface area contributed by atoms with E-state index in [1.54, 1.807) is 79.8 Å². The number of methoxy groups -OCH3 is 3. The first-order valence-corrected chi connectivity index (χ1v) is 19.3. The van der Waals surface area contributed by atoms with Crippen LogP contribution in [0.2, 0.25) is 0 Å². The van der Waals surface area contributed by atoms with Crippen LogP contribution in [0.3, 0.4) is 0 Å². The van der Waals surface area contributed by atoms with Gasteiger partial charge in [0, 0.05) is 6.66 Å². The summed E-state index contributed by atoms with van der Waals surface area (Å²) in [5.74, 6) is -1.05. The van der Waals surface area contributed by atoms with Crippen molar-refractivity contribution in [3.63, 3.8) is 0 Å². The summed E-state index contributed by atoms with van der Waals surface area (Å²) >= 11 is 0. The molecule has 336 valence electrons. The molecule has 3 aromatic rings. The Morgan fingerprint density at radius 3 is 0.839 bits per heavy atom. The molecule has 0 saturated heterocycles. The zero-order valence-corrected chi connectivity index (χ0v) is 39.1. The van der Waals surface area contributed by atoms with Gasteiger partial charge in [0.1, 0.15) is 7.60 Å².